The van der Waals surface area contributed by atoms with Gasteiger partial charge >= 0.3 is 0 Å². The van der Waals surface area contributed by atoms with Crippen LogP contribution in [-0.2, 0) is 34.4 Å². The van der Waals surface area contributed by atoms with E-state index < -0.39 is 0 Å². The molecule has 43 heavy (non-hydrogen) atoms. The molecule has 1 amide bonds. The zero-order chi connectivity index (χ0) is 30.7. The minimum absolute atomic E-state index is 0.143. The van der Waals surface area contributed by atoms with Gasteiger partial charge in [-0.2, -0.15) is 5.10 Å². The summed E-state index contributed by atoms with van der Waals surface area (Å²) in [6.45, 7) is 9.12. The first kappa shape index (κ1) is 30.1. The molecule has 0 atom stereocenters. The average Bonchev–Trinajstić information content (AvgIpc) is 3.48. The SMILES string of the molecule is Cc1cc(OCCCC2=C(C(=O)Nc3cccc(COC=O)c3)Cc3c2cccc3-c2c(C)nn(C)c2C)cc(C)c1Cl. The molecular weight excluding hydrogens is 562 g/mol. The minimum Gasteiger partial charge on any atom is -0.494 e. The van der Waals surface area contributed by atoms with E-state index in [2.05, 4.69) is 35.5 Å². The van der Waals surface area contributed by atoms with Crippen molar-refractivity contribution in [1.29, 1.82) is 0 Å². The van der Waals surface area contributed by atoms with Crippen LogP contribution in [-0.4, -0.2) is 28.8 Å². The molecule has 5 rings (SSSR count). The first-order valence-corrected chi connectivity index (χ1v) is 14.8. The second-order valence-electron chi connectivity index (χ2n) is 11.0. The van der Waals surface area contributed by atoms with Gasteiger partial charge in [-0.15, -0.1) is 0 Å². The minimum atomic E-state index is -0.143. The van der Waals surface area contributed by atoms with Gasteiger partial charge in [-0.25, -0.2) is 0 Å². The molecule has 1 N–H and O–H groups in total. The van der Waals surface area contributed by atoms with Crippen molar-refractivity contribution >= 4 is 35.2 Å². The second-order valence-corrected chi connectivity index (χ2v) is 11.4. The molecule has 0 spiro atoms. The number of halogens is 1. The van der Waals surface area contributed by atoms with Gasteiger partial charge in [0.05, 0.1) is 12.3 Å². The van der Waals surface area contributed by atoms with Crippen LogP contribution in [0.5, 0.6) is 5.75 Å². The lowest BCUT2D eigenvalue weighted by atomic mass is 9.93. The van der Waals surface area contributed by atoms with Crippen LogP contribution in [0.4, 0.5) is 5.69 Å². The van der Waals surface area contributed by atoms with Gasteiger partial charge in [-0.1, -0.05) is 41.9 Å². The van der Waals surface area contributed by atoms with Crippen molar-refractivity contribution in [1.82, 2.24) is 9.78 Å². The Bertz CT molecular complexity index is 1710. The van der Waals surface area contributed by atoms with Crippen molar-refractivity contribution < 1.29 is 19.1 Å². The third kappa shape index (κ3) is 6.37. The summed E-state index contributed by atoms with van der Waals surface area (Å²) in [5.74, 6) is 0.650. The fourth-order valence-corrected chi connectivity index (χ4v) is 6.02. The van der Waals surface area contributed by atoms with Crippen molar-refractivity contribution in [2.45, 2.75) is 53.6 Å². The number of rotatable bonds is 11. The number of anilines is 1. The van der Waals surface area contributed by atoms with E-state index in [1.54, 1.807) is 0 Å². The molecule has 7 nitrogen and oxygen atoms in total. The molecule has 222 valence electrons. The maximum atomic E-state index is 13.8. The Balaban J connectivity index is 1.43. The van der Waals surface area contributed by atoms with Crippen molar-refractivity contribution in [2.24, 2.45) is 7.05 Å². The number of amides is 1. The number of nitrogens with zero attached hydrogens (tertiary/aromatic N) is 2. The van der Waals surface area contributed by atoms with Crippen LogP contribution < -0.4 is 10.1 Å². The Morgan fingerprint density at radius 3 is 2.47 bits per heavy atom. The smallest absolute Gasteiger partial charge is 0.293 e. The summed E-state index contributed by atoms with van der Waals surface area (Å²) in [5, 5.41) is 8.49. The van der Waals surface area contributed by atoms with Crippen LogP contribution in [0.25, 0.3) is 16.7 Å². The standard InChI is InChI=1S/C35H36ClN3O4/c1-21-15-27(16-22(2)34(21)36)43-14-8-13-29-28-11-7-12-30(33-23(3)38-39(5)24(33)4)31(28)18-32(29)35(41)37-26-10-6-9-25(17-26)19-42-20-40/h6-7,9-12,15-17,20H,8,13-14,18-19H2,1-5H3,(H,37,41). The van der Waals surface area contributed by atoms with Gasteiger partial charge in [0.25, 0.3) is 12.4 Å². The second kappa shape index (κ2) is 12.9. The number of fused-ring (bicyclic) bond motifs is 1. The monoisotopic (exact) mass is 597 g/mol. The lowest BCUT2D eigenvalue weighted by Gasteiger charge is -2.13. The molecule has 1 aromatic heterocycles. The highest BCUT2D eigenvalue weighted by molar-refractivity contribution is 6.32. The maximum absolute atomic E-state index is 13.8. The number of carbonyl (C=O) groups is 2. The Kier molecular flexibility index (Phi) is 9.02. The fourth-order valence-electron chi connectivity index (χ4n) is 5.91. The number of hydrogen-bond donors (Lipinski definition) is 1. The van der Waals surface area contributed by atoms with Crippen molar-refractivity contribution in [3.8, 4) is 16.9 Å². The highest BCUT2D eigenvalue weighted by Gasteiger charge is 2.29. The highest BCUT2D eigenvalue weighted by atomic mass is 35.5. The van der Waals surface area contributed by atoms with Gasteiger partial charge in [0.15, 0.2) is 0 Å². The molecule has 0 unspecified atom stereocenters. The molecule has 0 bridgehead atoms. The Hall–Kier alpha value is -4.36. The van der Waals surface area contributed by atoms with Crippen molar-refractivity contribution in [3.63, 3.8) is 0 Å². The van der Waals surface area contributed by atoms with E-state index in [9.17, 15) is 9.59 Å². The van der Waals surface area contributed by atoms with Crippen molar-refractivity contribution in [2.75, 3.05) is 11.9 Å². The summed E-state index contributed by atoms with van der Waals surface area (Å²) < 4.78 is 12.9. The number of benzene rings is 3. The number of carbonyl (C=O) groups excluding carboxylic acids is 2. The summed E-state index contributed by atoms with van der Waals surface area (Å²) in [6.07, 6.45) is 1.94. The molecule has 8 heteroatoms. The molecule has 1 aliphatic rings. The number of hydrogen-bond acceptors (Lipinski definition) is 5. The highest BCUT2D eigenvalue weighted by Crippen LogP contribution is 2.42. The predicted molar refractivity (Wildman–Crippen MR) is 170 cm³/mol. The molecular formula is C35H36ClN3O4. The van der Waals surface area contributed by atoms with E-state index in [0.717, 1.165) is 78.7 Å². The molecule has 3 aromatic carbocycles. The summed E-state index contributed by atoms with van der Waals surface area (Å²) in [6, 6.07) is 17.6. The van der Waals surface area contributed by atoms with Gasteiger partial charge in [0.2, 0.25) is 0 Å². The lowest BCUT2D eigenvalue weighted by molar-refractivity contribution is -0.129. The molecule has 1 heterocycles. The van der Waals surface area contributed by atoms with Crippen LogP contribution in [0.3, 0.4) is 0 Å². The van der Waals surface area contributed by atoms with Crippen molar-refractivity contribution in [3.05, 3.63) is 104 Å². The maximum Gasteiger partial charge on any atom is 0.293 e. The molecule has 0 saturated heterocycles. The van der Waals surface area contributed by atoms with Gasteiger partial charge in [-0.05, 0) is 104 Å². The molecule has 1 aliphatic carbocycles. The van der Waals surface area contributed by atoms with E-state index in [1.165, 1.54) is 0 Å². The van der Waals surface area contributed by atoms with Crippen LogP contribution in [0.2, 0.25) is 5.02 Å². The number of nitrogens with one attached hydrogen (secondary N) is 1. The van der Waals surface area contributed by atoms with Gasteiger partial charge in [0, 0.05) is 41.0 Å². The first-order valence-electron chi connectivity index (χ1n) is 14.4. The summed E-state index contributed by atoms with van der Waals surface area (Å²) in [5.41, 5.74) is 11.7. The van der Waals surface area contributed by atoms with E-state index in [0.29, 0.717) is 31.6 Å². The van der Waals surface area contributed by atoms with E-state index >= 15 is 0 Å². The fraction of sp³-hybridized carbons (Fsp3) is 0.286. The largest absolute Gasteiger partial charge is 0.494 e. The lowest BCUT2D eigenvalue weighted by Crippen LogP contribution is -2.16. The normalized spacial score (nSPS) is 12.3. The van der Waals surface area contributed by atoms with Gasteiger partial charge < -0.3 is 14.8 Å². The summed E-state index contributed by atoms with van der Waals surface area (Å²) in [4.78, 5) is 24.5. The molecule has 0 radical (unpaired) electrons. The predicted octanol–water partition coefficient (Wildman–Crippen LogP) is 7.45. The zero-order valence-corrected chi connectivity index (χ0v) is 26.0. The first-order chi connectivity index (χ1) is 20.7. The summed E-state index contributed by atoms with van der Waals surface area (Å²) in [7, 11) is 1.95. The average molecular weight is 598 g/mol. The number of aryl methyl sites for hydroxylation is 4. The molecule has 0 fully saturated rings. The van der Waals surface area contributed by atoms with E-state index in [-0.39, 0.29) is 12.5 Å². The third-order valence-electron chi connectivity index (χ3n) is 8.02. The third-order valence-corrected chi connectivity index (χ3v) is 8.62. The quantitative estimate of drug-likeness (QED) is 0.143. The zero-order valence-electron chi connectivity index (χ0n) is 25.2. The Morgan fingerprint density at radius 1 is 1.05 bits per heavy atom. The molecule has 4 aromatic rings. The number of allylic oxidation sites excluding steroid dienone is 1. The van der Waals surface area contributed by atoms with Gasteiger partial charge in [-0.3, -0.25) is 14.3 Å². The Labute approximate surface area is 257 Å². The molecule has 0 aliphatic heterocycles. The number of aromatic nitrogens is 2. The van der Waals surface area contributed by atoms with Crippen LogP contribution in [0, 0.1) is 27.7 Å². The number of ether oxygens (including phenoxy) is 2. The Morgan fingerprint density at radius 2 is 1.77 bits per heavy atom. The van der Waals surface area contributed by atoms with Gasteiger partial charge in [0.1, 0.15) is 12.4 Å². The van der Waals surface area contributed by atoms with E-state index in [1.807, 2.05) is 68.9 Å². The van der Waals surface area contributed by atoms with Crippen LogP contribution in [0.15, 0.2) is 60.2 Å². The molecule has 0 saturated carbocycles. The van der Waals surface area contributed by atoms with E-state index in [4.69, 9.17) is 21.1 Å². The summed E-state index contributed by atoms with van der Waals surface area (Å²) >= 11 is 6.33. The van der Waals surface area contributed by atoms with Crippen LogP contribution >= 0.6 is 11.6 Å². The topological polar surface area (TPSA) is 82.4 Å². The van der Waals surface area contributed by atoms with Crippen LogP contribution in [0.1, 0.15) is 52.0 Å².